The van der Waals surface area contributed by atoms with Crippen molar-refractivity contribution in [2.45, 2.75) is 51.7 Å². The molecular weight excluding hydrogens is 559 g/mol. The fourth-order valence-corrected chi connectivity index (χ4v) is 5.15. The number of nitrogens with zero attached hydrogens (tertiary/aromatic N) is 4. The smallest absolute Gasteiger partial charge is 0.417 e. The zero-order valence-electron chi connectivity index (χ0n) is 21.1. The van der Waals surface area contributed by atoms with Gasteiger partial charge in [-0.25, -0.2) is 4.52 Å². The van der Waals surface area contributed by atoms with Crippen molar-refractivity contribution in [2.75, 3.05) is 0 Å². The van der Waals surface area contributed by atoms with Crippen LogP contribution in [0.15, 0.2) is 59.7 Å². The van der Waals surface area contributed by atoms with E-state index in [-0.39, 0.29) is 23.4 Å². The topological polar surface area (TPSA) is 68.8 Å². The predicted octanol–water partition coefficient (Wildman–Crippen LogP) is 5.97. The first-order valence-corrected chi connectivity index (χ1v) is 12.6. The number of fused-ring (bicyclic) bond motifs is 3. The summed E-state index contributed by atoms with van der Waals surface area (Å²) in [5.41, 5.74) is 0.336. The van der Waals surface area contributed by atoms with E-state index in [1.165, 1.54) is 32.2 Å². The van der Waals surface area contributed by atoms with Crippen molar-refractivity contribution >= 4 is 23.0 Å². The zero-order valence-corrected chi connectivity index (χ0v) is 21.9. The van der Waals surface area contributed by atoms with Crippen molar-refractivity contribution in [2.24, 2.45) is 0 Å². The molecule has 210 valence electrons. The molecule has 1 amide bonds. The Bertz CT molecular complexity index is 1650. The summed E-state index contributed by atoms with van der Waals surface area (Å²) in [6.07, 6.45) is -1.27. The van der Waals surface area contributed by atoms with Crippen LogP contribution in [0.4, 0.5) is 22.0 Å². The first kappa shape index (κ1) is 27.6. The van der Waals surface area contributed by atoms with Gasteiger partial charge in [0.25, 0.3) is 11.5 Å². The quantitative estimate of drug-likeness (QED) is 0.273. The van der Waals surface area contributed by atoms with Crippen LogP contribution in [0.5, 0.6) is 5.75 Å². The van der Waals surface area contributed by atoms with E-state index in [0.29, 0.717) is 23.2 Å². The summed E-state index contributed by atoms with van der Waals surface area (Å²) in [6, 6.07) is 8.05. The lowest BCUT2D eigenvalue weighted by Crippen LogP contribution is -2.42. The molecule has 3 heterocycles. The molecule has 1 aliphatic heterocycles. The molecule has 0 radical (unpaired) electrons. The number of carbonyl (C=O) groups excluding carboxylic acids is 1. The van der Waals surface area contributed by atoms with Crippen LogP contribution >= 0.6 is 11.6 Å². The van der Waals surface area contributed by atoms with Gasteiger partial charge in [-0.15, -0.1) is 0 Å². The maximum Gasteiger partial charge on any atom is 0.417 e. The summed E-state index contributed by atoms with van der Waals surface area (Å²) in [7, 11) is 0. The van der Waals surface area contributed by atoms with Crippen molar-refractivity contribution in [3.8, 4) is 5.75 Å². The summed E-state index contributed by atoms with van der Waals surface area (Å²) in [5, 5.41) is 4.01. The minimum atomic E-state index is -4.73. The second-order valence-electron chi connectivity index (χ2n) is 9.53. The second-order valence-corrected chi connectivity index (χ2v) is 9.94. The van der Waals surface area contributed by atoms with Gasteiger partial charge in [0.2, 0.25) is 0 Å². The third kappa shape index (κ3) is 5.03. The number of alkyl halides is 5. The monoisotopic (exact) mass is 580 g/mol. The first-order valence-electron chi connectivity index (χ1n) is 12.2. The standard InChI is InChI=1S/C27H22ClF5N4O3/c1-14-11-22-19(13-36(14)24(38)17-5-8-21(28)20(12-17)27(31,32)33)23-25(39)35(9-10-37(23)34-22)15(2)16-3-6-18(7-4-16)40-26(29)30/h3-10,12,14-15,26H,11,13H2,1-2H3/t14-,15-/m1/s1. The number of hydrogen-bond acceptors (Lipinski definition) is 4. The molecule has 2 aromatic heterocycles. The normalized spacial score (nSPS) is 16.3. The third-order valence-corrected chi connectivity index (χ3v) is 7.36. The van der Waals surface area contributed by atoms with E-state index < -0.39 is 46.9 Å². The van der Waals surface area contributed by atoms with Crippen LogP contribution < -0.4 is 10.3 Å². The molecule has 0 N–H and O–H groups in total. The first-order chi connectivity index (χ1) is 18.8. The van der Waals surface area contributed by atoms with Crippen LogP contribution in [-0.2, 0) is 19.1 Å². The zero-order chi connectivity index (χ0) is 28.9. The minimum Gasteiger partial charge on any atom is -0.435 e. The average molecular weight is 581 g/mol. The van der Waals surface area contributed by atoms with E-state index in [2.05, 4.69) is 9.84 Å². The van der Waals surface area contributed by atoms with Gasteiger partial charge in [-0.05, 0) is 49.7 Å². The molecule has 40 heavy (non-hydrogen) atoms. The van der Waals surface area contributed by atoms with Gasteiger partial charge in [-0.1, -0.05) is 23.7 Å². The van der Waals surface area contributed by atoms with Gasteiger partial charge < -0.3 is 14.2 Å². The fraction of sp³-hybridized carbons (Fsp3) is 0.296. The molecule has 1 aliphatic rings. The van der Waals surface area contributed by atoms with Crippen molar-refractivity contribution in [1.29, 1.82) is 0 Å². The highest BCUT2D eigenvalue weighted by Crippen LogP contribution is 2.36. The van der Waals surface area contributed by atoms with Gasteiger partial charge in [0.05, 0.1) is 28.9 Å². The van der Waals surface area contributed by atoms with E-state index in [4.69, 9.17) is 11.6 Å². The van der Waals surface area contributed by atoms with Gasteiger partial charge in [0, 0.05) is 36.0 Å². The molecule has 7 nitrogen and oxygen atoms in total. The Morgan fingerprint density at radius 3 is 2.48 bits per heavy atom. The van der Waals surface area contributed by atoms with Gasteiger partial charge in [0.1, 0.15) is 11.3 Å². The highest BCUT2D eigenvalue weighted by Gasteiger charge is 2.36. The SMILES string of the molecule is C[C@@H]1Cc2nn3ccn([C@H](C)c4ccc(OC(F)F)cc4)c(=O)c3c2CN1C(=O)c1ccc(Cl)c(C(F)(F)F)c1. The van der Waals surface area contributed by atoms with Crippen molar-refractivity contribution in [1.82, 2.24) is 19.1 Å². The lowest BCUT2D eigenvalue weighted by Gasteiger charge is -2.33. The number of rotatable bonds is 5. The van der Waals surface area contributed by atoms with Gasteiger partial charge >= 0.3 is 12.8 Å². The van der Waals surface area contributed by atoms with E-state index in [1.54, 1.807) is 38.4 Å². The molecule has 0 saturated carbocycles. The van der Waals surface area contributed by atoms with Crippen LogP contribution in [0.2, 0.25) is 5.02 Å². The second kappa shape index (κ2) is 10.2. The summed E-state index contributed by atoms with van der Waals surface area (Å²) in [4.78, 5) is 28.4. The van der Waals surface area contributed by atoms with E-state index in [0.717, 1.165) is 12.1 Å². The van der Waals surface area contributed by atoms with Crippen LogP contribution in [0.3, 0.4) is 0 Å². The maximum absolute atomic E-state index is 13.6. The highest BCUT2D eigenvalue weighted by molar-refractivity contribution is 6.31. The Labute approximate surface area is 229 Å². The molecule has 13 heteroatoms. The fourth-order valence-electron chi connectivity index (χ4n) is 4.93. The Morgan fingerprint density at radius 1 is 1.12 bits per heavy atom. The maximum atomic E-state index is 13.6. The summed E-state index contributed by atoms with van der Waals surface area (Å²) in [5.74, 6) is -0.643. The van der Waals surface area contributed by atoms with Gasteiger partial charge in [-0.3, -0.25) is 9.59 Å². The molecule has 0 bridgehead atoms. The van der Waals surface area contributed by atoms with Crippen molar-refractivity contribution < 1.29 is 31.5 Å². The van der Waals surface area contributed by atoms with E-state index in [1.807, 2.05) is 0 Å². The molecule has 5 rings (SSSR count). The molecule has 0 spiro atoms. The average Bonchev–Trinajstić information content (AvgIpc) is 3.25. The van der Waals surface area contributed by atoms with Crippen LogP contribution in [0, 0.1) is 0 Å². The molecule has 0 aliphatic carbocycles. The Kier molecular flexibility index (Phi) is 7.07. The summed E-state index contributed by atoms with van der Waals surface area (Å²) >= 11 is 5.72. The molecule has 4 aromatic rings. The van der Waals surface area contributed by atoms with E-state index in [9.17, 15) is 31.5 Å². The number of aromatic nitrogens is 3. The highest BCUT2D eigenvalue weighted by atomic mass is 35.5. The van der Waals surface area contributed by atoms with Gasteiger partial charge in [0.15, 0.2) is 0 Å². The number of halogens is 6. The summed E-state index contributed by atoms with van der Waals surface area (Å²) in [6.45, 7) is 0.533. The van der Waals surface area contributed by atoms with Crippen LogP contribution in [-0.4, -0.2) is 37.6 Å². The molecule has 0 fully saturated rings. The Balaban J connectivity index is 1.49. The van der Waals surface area contributed by atoms with Gasteiger partial charge in [-0.2, -0.15) is 27.1 Å². The third-order valence-electron chi connectivity index (χ3n) is 7.03. The lowest BCUT2D eigenvalue weighted by atomic mass is 9.98. The molecule has 2 aromatic carbocycles. The van der Waals surface area contributed by atoms with Crippen molar-refractivity contribution in [3.05, 3.63) is 98.2 Å². The molecular formula is C27H22ClF5N4O3. The molecule has 0 unspecified atom stereocenters. The molecule has 2 atom stereocenters. The van der Waals surface area contributed by atoms with Crippen LogP contribution in [0.1, 0.15) is 52.6 Å². The number of amides is 1. The Hall–Kier alpha value is -3.93. The lowest BCUT2D eigenvalue weighted by molar-refractivity contribution is -0.137. The minimum absolute atomic E-state index is 0.0134. The largest absolute Gasteiger partial charge is 0.435 e. The number of hydrogen-bond donors (Lipinski definition) is 0. The number of carbonyl (C=O) groups is 1. The van der Waals surface area contributed by atoms with E-state index >= 15 is 0 Å². The predicted molar refractivity (Wildman–Crippen MR) is 136 cm³/mol. The van der Waals surface area contributed by atoms with Crippen molar-refractivity contribution in [3.63, 3.8) is 0 Å². The molecule has 0 saturated heterocycles. The summed E-state index contributed by atoms with van der Waals surface area (Å²) < 4.78 is 72.4. The number of benzene rings is 2. The Morgan fingerprint density at radius 2 is 1.82 bits per heavy atom. The number of ether oxygens (including phenoxy) is 1. The van der Waals surface area contributed by atoms with Crippen LogP contribution in [0.25, 0.3) is 5.52 Å².